The predicted octanol–water partition coefficient (Wildman–Crippen LogP) is 3.84. The van der Waals surface area contributed by atoms with Gasteiger partial charge in [-0.15, -0.1) is 0 Å². The summed E-state index contributed by atoms with van der Waals surface area (Å²) in [5.41, 5.74) is 2.89. The number of carboxylic acids is 1. The van der Waals surface area contributed by atoms with E-state index in [4.69, 9.17) is 31.9 Å². The summed E-state index contributed by atoms with van der Waals surface area (Å²) in [5, 5.41) is 13.8. The Balaban J connectivity index is 1.82. The summed E-state index contributed by atoms with van der Waals surface area (Å²) >= 11 is 6.28. The van der Waals surface area contributed by atoms with Crippen LogP contribution in [0.2, 0.25) is 0 Å². The Morgan fingerprint density at radius 3 is 2.55 bits per heavy atom. The Kier molecular flexibility index (Phi) is 6.47. The lowest BCUT2D eigenvalue weighted by atomic mass is 10.1. The molecule has 168 valence electrons. The number of carbonyl (C=O) groups excluding carboxylic acids is 1. The number of hydrogen-bond donors (Lipinski definition) is 1. The molecule has 1 amide bonds. The van der Waals surface area contributed by atoms with Gasteiger partial charge in [-0.3, -0.25) is 14.5 Å². The lowest BCUT2D eigenvalue weighted by Gasteiger charge is -2.10. The SMILES string of the molecule is COc1ccc(-c2nn(-c3ccccc3)cc2/C=C2\SC(=S)N(CC(=O)O)C2=O)cc1OC. The Hall–Kier alpha value is -3.63. The molecule has 1 aromatic heterocycles. The molecule has 0 unspecified atom stereocenters. The highest BCUT2D eigenvalue weighted by Crippen LogP contribution is 2.37. The Morgan fingerprint density at radius 1 is 1.15 bits per heavy atom. The van der Waals surface area contributed by atoms with Gasteiger partial charge < -0.3 is 14.6 Å². The van der Waals surface area contributed by atoms with E-state index in [0.29, 0.717) is 27.7 Å². The molecule has 1 fully saturated rings. The van der Waals surface area contributed by atoms with Gasteiger partial charge in [0, 0.05) is 17.3 Å². The standard InChI is InChI=1S/C23H19N3O5S2/c1-30-17-9-8-14(10-18(17)31-2)21-15(12-26(24-21)16-6-4-3-5-7-16)11-19-22(29)25(13-20(27)28)23(32)33-19/h3-12H,13H2,1-2H3,(H,27,28)/b19-11-. The smallest absolute Gasteiger partial charge is 0.323 e. The van der Waals surface area contributed by atoms with E-state index in [0.717, 1.165) is 27.9 Å². The van der Waals surface area contributed by atoms with Crippen molar-refractivity contribution in [2.45, 2.75) is 0 Å². The van der Waals surface area contributed by atoms with Crippen molar-refractivity contribution in [2.24, 2.45) is 0 Å². The van der Waals surface area contributed by atoms with Crippen molar-refractivity contribution in [2.75, 3.05) is 20.8 Å². The molecular formula is C23H19N3O5S2. The first kappa shape index (κ1) is 22.6. The van der Waals surface area contributed by atoms with Crippen LogP contribution in [-0.2, 0) is 9.59 Å². The quantitative estimate of drug-likeness (QED) is 0.402. The molecule has 2 aromatic carbocycles. The lowest BCUT2D eigenvalue weighted by Crippen LogP contribution is -2.33. The van der Waals surface area contributed by atoms with E-state index in [9.17, 15) is 9.59 Å². The van der Waals surface area contributed by atoms with Crippen LogP contribution in [0, 0.1) is 0 Å². The molecule has 0 bridgehead atoms. The molecule has 8 nitrogen and oxygen atoms in total. The molecule has 3 aromatic rings. The number of nitrogens with zero attached hydrogens (tertiary/aromatic N) is 3. The summed E-state index contributed by atoms with van der Waals surface area (Å²) < 4.78 is 12.7. The maximum absolute atomic E-state index is 12.8. The summed E-state index contributed by atoms with van der Waals surface area (Å²) in [5.74, 6) is -0.448. The van der Waals surface area contributed by atoms with E-state index in [-0.39, 0.29) is 4.32 Å². The van der Waals surface area contributed by atoms with Gasteiger partial charge in [0.05, 0.1) is 24.8 Å². The number of para-hydroxylation sites is 1. The zero-order valence-electron chi connectivity index (χ0n) is 17.7. The number of hydrogen-bond acceptors (Lipinski definition) is 7. The Bertz CT molecular complexity index is 1270. The first-order chi connectivity index (χ1) is 15.9. The number of carboxylic acid groups (broad SMARTS) is 1. The van der Waals surface area contributed by atoms with Gasteiger partial charge >= 0.3 is 5.97 Å². The van der Waals surface area contributed by atoms with Crippen molar-refractivity contribution in [3.05, 3.63) is 65.2 Å². The van der Waals surface area contributed by atoms with Gasteiger partial charge in [0.25, 0.3) is 5.91 Å². The Morgan fingerprint density at radius 2 is 1.88 bits per heavy atom. The fourth-order valence-electron chi connectivity index (χ4n) is 3.33. The minimum atomic E-state index is -1.13. The van der Waals surface area contributed by atoms with Crippen molar-refractivity contribution in [1.82, 2.24) is 14.7 Å². The molecule has 0 saturated carbocycles. The largest absolute Gasteiger partial charge is 0.493 e. The van der Waals surface area contributed by atoms with Crippen molar-refractivity contribution in [1.29, 1.82) is 0 Å². The highest BCUT2D eigenvalue weighted by atomic mass is 32.2. The third-order valence-electron chi connectivity index (χ3n) is 4.87. The van der Waals surface area contributed by atoms with Crippen LogP contribution in [0.4, 0.5) is 0 Å². The number of methoxy groups -OCH3 is 2. The third kappa shape index (κ3) is 4.62. The zero-order chi connectivity index (χ0) is 23.5. The molecular weight excluding hydrogens is 462 g/mol. The van der Waals surface area contributed by atoms with Crippen LogP contribution in [0.5, 0.6) is 11.5 Å². The minimum Gasteiger partial charge on any atom is -0.493 e. The fraction of sp³-hybridized carbons (Fsp3) is 0.130. The van der Waals surface area contributed by atoms with Crippen LogP contribution in [0.1, 0.15) is 5.56 Å². The number of amides is 1. The van der Waals surface area contributed by atoms with E-state index >= 15 is 0 Å². The molecule has 0 aliphatic carbocycles. The van der Waals surface area contributed by atoms with E-state index in [1.54, 1.807) is 31.0 Å². The average molecular weight is 482 g/mol. The maximum Gasteiger partial charge on any atom is 0.323 e. The molecule has 33 heavy (non-hydrogen) atoms. The average Bonchev–Trinajstić information content (AvgIpc) is 3.35. The number of aliphatic carboxylic acids is 1. The van der Waals surface area contributed by atoms with Gasteiger partial charge in [-0.1, -0.05) is 42.2 Å². The van der Waals surface area contributed by atoms with Crippen LogP contribution in [0.25, 0.3) is 23.0 Å². The number of thioether (sulfide) groups is 1. The van der Waals surface area contributed by atoms with E-state index in [2.05, 4.69) is 0 Å². The molecule has 4 rings (SSSR count). The Labute approximate surface area is 199 Å². The summed E-state index contributed by atoms with van der Waals surface area (Å²) in [6.45, 7) is -0.478. The first-order valence-corrected chi connectivity index (χ1v) is 11.0. The number of aromatic nitrogens is 2. The molecule has 0 spiro atoms. The van der Waals surface area contributed by atoms with Gasteiger partial charge in [-0.2, -0.15) is 5.10 Å². The highest BCUT2D eigenvalue weighted by molar-refractivity contribution is 8.26. The number of carbonyl (C=O) groups is 2. The van der Waals surface area contributed by atoms with Gasteiger partial charge in [-0.25, -0.2) is 4.68 Å². The predicted molar refractivity (Wildman–Crippen MR) is 130 cm³/mol. The summed E-state index contributed by atoms with van der Waals surface area (Å²) in [6, 6.07) is 15.0. The van der Waals surface area contributed by atoms with Crippen LogP contribution in [0.15, 0.2) is 59.6 Å². The maximum atomic E-state index is 12.8. The van der Waals surface area contributed by atoms with Crippen molar-refractivity contribution >= 4 is 46.3 Å². The minimum absolute atomic E-state index is 0.205. The number of rotatable bonds is 7. The van der Waals surface area contributed by atoms with Crippen molar-refractivity contribution in [3.8, 4) is 28.4 Å². The van der Waals surface area contributed by atoms with Crippen LogP contribution < -0.4 is 9.47 Å². The summed E-state index contributed by atoms with van der Waals surface area (Å²) in [7, 11) is 3.12. The normalized spacial score (nSPS) is 14.7. The highest BCUT2D eigenvalue weighted by Gasteiger charge is 2.33. The second kappa shape index (κ2) is 9.47. The van der Waals surface area contributed by atoms with Gasteiger partial charge in [0.15, 0.2) is 11.5 Å². The monoisotopic (exact) mass is 481 g/mol. The van der Waals surface area contributed by atoms with E-state index < -0.39 is 18.4 Å². The molecule has 2 heterocycles. The van der Waals surface area contributed by atoms with Gasteiger partial charge in [-0.05, 0) is 36.4 Å². The molecule has 1 saturated heterocycles. The van der Waals surface area contributed by atoms with Crippen LogP contribution in [0.3, 0.4) is 0 Å². The molecule has 1 aliphatic rings. The molecule has 1 N–H and O–H groups in total. The summed E-state index contributed by atoms with van der Waals surface area (Å²) in [6.07, 6.45) is 3.49. The molecule has 10 heteroatoms. The van der Waals surface area contributed by atoms with E-state index in [1.807, 2.05) is 48.7 Å². The number of benzene rings is 2. The first-order valence-electron chi connectivity index (χ1n) is 9.76. The van der Waals surface area contributed by atoms with Crippen LogP contribution >= 0.6 is 24.0 Å². The number of thiocarbonyl (C=S) groups is 1. The van der Waals surface area contributed by atoms with Crippen LogP contribution in [-0.4, -0.2) is 56.7 Å². The molecule has 1 aliphatic heterocycles. The van der Waals surface area contributed by atoms with Crippen molar-refractivity contribution in [3.63, 3.8) is 0 Å². The molecule has 0 radical (unpaired) electrons. The van der Waals surface area contributed by atoms with E-state index in [1.165, 1.54) is 0 Å². The second-order valence-corrected chi connectivity index (χ2v) is 8.62. The molecule has 0 atom stereocenters. The van der Waals surface area contributed by atoms with Crippen molar-refractivity contribution < 1.29 is 24.2 Å². The summed E-state index contributed by atoms with van der Waals surface area (Å²) in [4.78, 5) is 25.3. The second-order valence-electron chi connectivity index (χ2n) is 6.94. The zero-order valence-corrected chi connectivity index (χ0v) is 19.4. The fourth-order valence-corrected chi connectivity index (χ4v) is 4.57. The lowest BCUT2D eigenvalue weighted by molar-refractivity contribution is -0.140. The van der Waals surface area contributed by atoms with Gasteiger partial charge in [0.2, 0.25) is 0 Å². The topological polar surface area (TPSA) is 93.9 Å². The third-order valence-corrected chi connectivity index (χ3v) is 6.25. The number of ether oxygens (including phenoxy) is 2. The van der Waals surface area contributed by atoms with Gasteiger partial charge in [0.1, 0.15) is 16.6 Å².